The van der Waals surface area contributed by atoms with E-state index in [0.717, 1.165) is 0 Å². The van der Waals surface area contributed by atoms with Crippen molar-refractivity contribution >= 4 is 38.8 Å². The van der Waals surface area contributed by atoms with Crippen molar-refractivity contribution in [2.75, 3.05) is 6.26 Å². The molecular weight excluding hydrogens is 388 g/mol. The predicted molar refractivity (Wildman–Crippen MR) is 106 cm³/mol. The summed E-state index contributed by atoms with van der Waals surface area (Å²) in [6.07, 6.45) is 1.78. The summed E-state index contributed by atoms with van der Waals surface area (Å²) in [6.45, 7) is 0. The van der Waals surface area contributed by atoms with Crippen molar-refractivity contribution < 1.29 is 13.5 Å². The molecule has 0 bridgehead atoms. The lowest BCUT2D eigenvalue weighted by molar-refractivity contribution is 0.477. The van der Waals surface area contributed by atoms with Gasteiger partial charge < -0.3 is 10.8 Å². The molecule has 1 heterocycles. The zero-order valence-electron chi connectivity index (χ0n) is 13.8. The van der Waals surface area contributed by atoms with Gasteiger partial charge in [0.25, 0.3) is 0 Å². The summed E-state index contributed by atoms with van der Waals surface area (Å²) in [5, 5.41) is 17.6. The first kappa shape index (κ1) is 18.5. The summed E-state index contributed by atoms with van der Waals surface area (Å²) < 4.78 is 26.9. The fraction of sp³-hybridized carbons (Fsp3) is 0.0556. The normalized spacial score (nSPS) is 11.4. The molecule has 0 radical (unpaired) electrons. The first-order valence-electron chi connectivity index (χ1n) is 7.50. The summed E-state index contributed by atoms with van der Waals surface area (Å²) in [5.74, 6) is -0.0732. The Morgan fingerprint density at radius 2 is 1.88 bits per heavy atom. The van der Waals surface area contributed by atoms with Gasteiger partial charge in [-0.15, -0.1) is 23.1 Å². The van der Waals surface area contributed by atoms with Gasteiger partial charge in [-0.3, -0.25) is 5.41 Å². The molecule has 0 spiro atoms. The van der Waals surface area contributed by atoms with Crippen molar-refractivity contribution in [1.82, 2.24) is 0 Å². The predicted octanol–water partition coefficient (Wildman–Crippen LogP) is 3.96. The minimum absolute atomic E-state index is 0.0845. The van der Waals surface area contributed by atoms with E-state index in [2.05, 4.69) is 0 Å². The van der Waals surface area contributed by atoms with Gasteiger partial charge in [-0.05, 0) is 36.1 Å². The Morgan fingerprint density at radius 1 is 1.15 bits per heavy atom. The summed E-state index contributed by atoms with van der Waals surface area (Å²) >= 11 is 2.49. The van der Waals surface area contributed by atoms with Crippen LogP contribution in [0.15, 0.2) is 68.6 Å². The molecule has 8 heteroatoms. The second kappa shape index (κ2) is 7.14. The number of para-hydroxylation sites is 1. The van der Waals surface area contributed by atoms with Crippen molar-refractivity contribution in [2.45, 2.75) is 14.0 Å². The Balaban J connectivity index is 2.13. The highest BCUT2D eigenvalue weighted by molar-refractivity contribution is 8.01. The van der Waals surface area contributed by atoms with Crippen LogP contribution in [0.1, 0.15) is 4.88 Å². The van der Waals surface area contributed by atoms with Crippen molar-refractivity contribution in [2.24, 2.45) is 5.73 Å². The molecule has 0 aliphatic heterocycles. The maximum Gasteiger partial charge on any atom is 0.208 e. The lowest BCUT2D eigenvalue weighted by Gasteiger charge is -2.08. The van der Waals surface area contributed by atoms with Gasteiger partial charge in [0.2, 0.25) is 9.84 Å². The number of rotatable bonds is 5. The molecule has 134 valence electrons. The van der Waals surface area contributed by atoms with E-state index in [1.54, 1.807) is 48.7 Å². The summed E-state index contributed by atoms with van der Waals surface area (Å²) in [7, 11) is -3.78. The fourth-order valence-electron chi connectivity index (χ4n) is 2.50. The van der Waals surface area contributed by atoms with Gasteiger partial charge in [-0.25, -0.2) is 8.42 Å². The zero-order chi connectivity index (χ0) is 18.9. The zero-order valence-corrected chi connectivity index (χ0v) is 16.2. The van der Waals surface area contributed by atoms with Crippen LogP contribution in [0.3, 0.4) is 0 Å². The van der Waals surface area contributed by atoms with Gasteiger partial charge in [-0.2, -0.15) is 0 Å². The minimum Gasteiger partial charge on any atom is -0.507 e. The number of thioether (sulfide) groups is 1. The van der Waals surface area contributed by atoms with Gasteiger partial charge >= 0.3 is 0 Å². The van der Waals surface area contributed by atoms with Gasteiger partial charge in [0, 0.05) is 5.56 Å². The first-order chi connectivity index (χ1) is 12.3. The monoisotopic (exact) mass is 404 g/mol. The fourth-order valence-corrected chi connectivity index (χ4v) is 6.40. The summed E-state index contributed by atoms with van der Waals surface area (Å²) in [4.78, 5) is 0.695. The molecule has 1 aromatic heterocycles. The molecule has 0 fully saturated rings. The van der Waals surface area contributed by atoms with Crippen LogP contribution in [0.5, 0.6) is 5.75 Å². The second-order valence-electron chi connectivity index (χ2n) is 5.43. The number of amidine groups is 1. The molecule has 3 aromatic rings. The highest BCUT2D eigenvalue weighted by Crippen LogP contribution is 2.38. The maximum absolute atomic E-state index is 13.1. The number of phenolic OH excluding ortho intramolecular Hbond substituents is 1. The van der Waals surface area contributed by atoms with Crippen molar-refractivity contribution in [1.29, 1.82) is 5.41 Å². The first-order valence-corrected chi connectivity index (χ1v) is 11.0. The number of phenols is 1. The lowest BCUT2D eigenvalue weighted by atomic mass is 10.1. The molecule has 0 atom stereocenters. The van der Waals surface area contributed by atoms with Crippen molar-refractivity contribution in [3.63, 3.8) is 0 Å². The minimum atomic E-state index is -3.78. The molecule has 26 heavy (non-hydrogen) atoms. The Labute approximate surface area is 159 Å². The van der Waals surface area contributed by atoms with E-state index in [-0.39, 0.29) is 21.4 Å². The number of sulfone groups is 1. The molecule has 0 aliphatic rings. The third-order valence-corrected chi connectivity index (χ3v) is 8.10. The standard InChI is InChI=1S/C18H16N2O3S3/c1-24-18-16(10-15(25-18)17(19)20)26(22,23)12-6-4-5-11(9-12)13-7-2-3-8-14(13)21/h2-10,21H,1H3,(H3,19,20). The number of benzene rings is 2. The smallest absolute Gasteiger partial charge is 0.208 e. The average Bonchev–Trinajstić information content (AvgIpc) is 3.08. The molecule has 4 N–H and O–H groups in total. The number of aromatic hydroxyl groups is 1. The quantitative estimate of drug-likeness (QED) is 0.339. The third kappa shape index (κ3) is 3.35. The highest BCUT2D eigenvalue weighted by atomic mass is 32.2. The van der Waals surface area contributed by atoms with Crippen LogP contribution in [0.4, 0.5) is 0 Å². The van der Waals surface area contributed by atoms with E-state index in [9.17, 15) is 13.5 Å². The molecule has 0 aliphatic carbocycles. The Kier molecular flexibility index (Phi) is 5.08. The van der Waals surface area contributed by atoms with Crippen LogP contribution in [-0.2, 0) is 9.84 Å². The Hall–Kier alpha value is -2.29. The molecule has 0 saturated heterocycles. The van der Waals surface area contributed by atoms with Crippen LogP contribution in [0, 0.1) is 5.41 Å². The SMILES string of the molecule is CSc1sc(C(=N)N)cc1S(=O)(=O)c1cccc(-c2ccccc2O)c1. The van der Waals surface area contributed by atoms with E-state index in [0.29, 0.717) is 20.2 Å². The van der Waals surface area contributed by atoms with Crippen LogP contribution in [0.2, 0.25) is 0 Å². The molecule has 2 aromatic carbocycles. The van der Waals surface area contributed by atoms with Gasteiger partial charge in [0.05, 0.1) is 18.9 Å². The molecule has 5 nitrogen and oxygen atoms in total. The number of thiophene rings is 1. The molecule has 0 amide bonds. The van der Waals surface area contributed by atoms with Crippen LogP contribution < -0.4 is 5.73 Å². The molecular formula is C18H16N2O3S3. The maximum atomic E-state index is 13.1. The van der Waals surface area contributed by atoms with Crippen LogP contribution >= 0.6 is 23.1 Å². The number of hydrogen-bond donors (Lipinski definition) is 3. The average molecular weight is 405 g/mol. The molecule has 0 unspecified atom stereocenters. The van der Waals surface area contributed by atoms with Crippen molar-refractivity contribution in [3.05, 3.63) is 59.5 Å². The van der Waals surface area contributed by atoms with Gasteiger partial charge in [0.1, 0.15) is 11.6 Å². The Morgan fingerprint density at radius 3 is 2.54 bits per heavy atom. The number of hydrogen-bond acceptors (Lipinski definition) is 6. The van der Waals surface area contributed by atoms with Crippen molar-refractivity contribution in [3.8, 4) is 16.9 Å². The number of nitrogens with two attached hydrogens (primary N) is 1. The van der Waals surface area contributed by atoms with Crippen LogP contribution in [0.25, 0.3) is 11.1 Å². The largest absolute Gasteiger partial charge is 0.507 e. The van der Waals surface area contributed by atoms with E-state index in [4.69, 9.17) is 11.1 Å². The van der Waals surface area contributed by atoms with E-state index in [1.165, 1.54) is 35.2 Å². The second-order valence-corrected chi connectivity index (χ2v) is 9.47. The highest BCUT2D eigenvalue weighted by Gasteiger charge is 2.25. The Bertz CT molecular complexity index is 1090. The lowest BCUT2D eigenvalue weighted by Crippen LogP contribution is -2.08. The topological polar surface area (TPSA) is 104 Å². The van der Waals surface area contributed by atoms with Gasteiger partial charge in [0.15, 0.2) is 0 Å². The molecule has 0 saturated carbocycles. The van der Waals surface area contributed by atoms with E-state index < -0.39 is 9.84 Å². The van der Waals surface area contributed by atoms with Crippen LogP contribution in [-0.4, -0.2) is 25.6 Å². The van der Waals surface area contributed by atoms with Gasteiger partial charge in [-0.1, -0.05) is 30.3 Å². The summed E-state index contributed by atoms with van der Waals surface area (Å²) in [6, 6.07) is 14.7. The van der Waals surface area contributed by atoms with E-state index in [1.807, 2.05) is 0 Å². The summed E-state index contributed by atoms with van der Waals surface area (Å²) in [5.41, 5.74) is 6.68. The van der Waals surface area contributed by atoms with E-state index >= 15 is 0 Å². The number of nitrogen functional groups attached to an aromatic ring is 1. The number of nitrogens with one attached hydrogen (secondary N) is 1. The third-order valence-electron chi connectivity index (χ3n) is 3.77. The molecule has 3 rings (SSSR count).